The van der Waals surface area contributed by atoms with Crippen LogP contribution in [0.2, 0.25) is 0 Å². The molecule has 0 atom stereocenters. The van der Waals surface area contributed by atoms with Crippen molar-refractivity contribution in [3.05, 3.63) is 72.8 Å². The molecule has 19 heavy (non-hydrogen) atoms. The number of para-hydroxylation sites is 1. The van der Waals surface area contributed by atoms with Crippen LogP contribution in [0.3, 0.4) is 0 Å². The fraction of sp³-hybridized carbons (Fsp3) is 0. The molecule has 0 bridgehead atoms. The molecule has 0 aliphatic heterocycles. The molecular formula is C15H11N4+. The Morgan fingerprint density at radius 3 is 2.42 bits per heavy atom. The second-order valence-electron chi connectivity index (χ2n) is 4.09. The van der Waals surface area contributed by atoms with Gasteiger partial charge in [-0.05, 0) is 36.4 Å². The third kappa shape index (κ3) is 2.22. The monoisotopic (exact) mass is 247 g/mol. The maximum Gasteiger partial charge on any atom is 0.270 e. The van der Waals surface area contributed by atoms with Gasteiger partial charge >= 0.3 is 0 Å². The highest BCUT2D eigenvalue weighted by molar-refractivity contribution is 5.38. The number of aromatic nitrogens is 3. The first-order chi connectivity index (χ1) is 9.36. The summed E-state index contributed by atoms with van der Waals surface area (Å²) in [6.45, 7) is 0. The molecule has 2 aromatic carbocycles. The van der Waals surface area contributed by atoms with Crippen molar-refractivity contribution in [1.82, 2.24) is 9.78 Å². The molecule has 1 heterocycles. The van der Waals surface area contributed by atoms with E-state index in [0.717, 1.165) is 11.4 Å². The van der Waals surface area contributed by atoms with Crippen LogP contribution in [-0.4, -0.2) is 9.78 Å². The van der Waals surface area contributed by atoms with Gasteiger partial charge in [-0.3, -0.25) is 0 Å². The molecule has 4 nitrogen and oxygen atoms in total. The molecule has 0 fully saturated rings. The minimum absolute atomic E-state index is 0.645. The van der Waals surface area contributed by atoms with Gasteiger partial charge in [0.1, 0.15) is 11.4 Å². The lowest BCUT2D eigenvalue weighted by atomic mass is 10.2. The Bertz CT molecular complexity index is 721. The molecular weight excluding hydrogens is 236 g/mol. The van der Waals surface area contributed by atoms with Crippen molar-refractivity contribution in [2.24, 2.45) is 0 Å². The van der Waals surface area contributed by atoms with Gasteiger partial charge in [-0.2, -0.15) is 5.26 Å². The lowest BCUT2D eigenvalue weighted by Gasteiger charge is -1.94. The van der Waals surface area contributed by atoms with Crippen LogP contribution >= 0.6 is 0 Å². The van der Waals surface area contributed by atoms with Crippen molar-refractivity contribution < 1.29 is 4.57 Å². The second-order valence-corrected chi connectivity index (χ2v) is 4.09. The van der Waals surface area contributed by atoms with Gasteiger partial charge in [0.2, 0.25) is 6.33 Å². The molecule has 0 saturated carbocycles. The third-order valence-corrected chi connectivity index (χ3v) is 2.85. The zero-order chi connectivity index (χ0) is 13.1. The number of nitrogens with zero attached hydrogens (tertiary/aromatic N) is 4. The largest absolute Gasteiger partial charge is 0.270 e. The molecule has 3 aromatic rings. The van der Waals surface area contributed by atoms with E-state index in [0.29, 0.717) is 5.56 Å². The van der Waals surface area contributed by atoms with Gasteiger partial charge in [0, 0.05) is 5.10 Å². The minimum Gasteiger partial charge on any atom is -0.203 e. The Morgan fingerprint density at radius 1 is 1.00 bits per heavy atom. The smallest absolute Gasteiger partial charge is 0.203 e. The molecule has 0 saturated heterocycles. The van der Waals surface area contributed by atoms with E-state index < -0.39 is 0 Å². The zero-order valence-electron chi connectivity index (χ0n) is 10.1. The second kappa shape index (κ2) is 4.75. The summed E-state index contributed by atoms with van der Waals surface area (Å²) in [7, 11) is 0. The first-order valence-electron chi connectivity index (χ1n) is 5.89. The van der Waals surface area contributed by atoms with Gasteiger partial charge in [-0.15, -0.1) is 0 Å². The standard InChI is InChI=1S/C15H11N4/c16-10-13-6-8-15(9-7-13)19-12-18(11-17-19)14-4-2-1-3-5-14/h1-9,11-12H/q+1. The summed E-state index contributed by atoms with van der Waals surface area (Å²) < 4.78 is 3.71. The molecule has 90 valence electrons. The first-order valence-corrected chi connectivity index (χ1v) is 5.89. The Balaban J connectivity index is 1.95. The van der Waals surface area contributed by atoms with Gasteiger partial charge < -0.3 is 0 Å². The molecule has 0 unspecified atom stereocenters. The van der Waals surface area contributed by atoms with Crippen LogP contribution in [0.25, 0.3) is 11.4 Å². The van der Waals surface area contributed by atoms with E-state index in [-0.39, 0.29) is 0 Å². The molecule has 0 spiro atoms. The summed E-state index contributed by atoms with van der Waals surface area (Å²) in [5, 5.41) is 13.1. The Morgan fingerprint density at radius 2 is 1.74 bits per heavy atom. The van der Waals surface area contributed by atoms with Crippen molar-refractivity contribution in [1.29, 1.82) is 5.26 Å². The molecule has 4 heteroatoms. The zero-order valence-corrected chi connectivity index (χ0v) is 10.1. The van der Waals surface area contributed by atoms with Crippen LogP contribution in [-0.2, 0) is 0 Å². The SMILES string of the molecule is N#Cc1ccc(-n2c[n+](-c3ccccc3)cn2)cc1. The summed E-state index contributed by atoms with van der Waals surface area (Å²) in [5.41, 5.74) is 2.63. The van der Waals surface area contributed by atoms with E-state index in [1.165, 1.54) is 0 Å². The van der Waals surface area contributed by atoms with E-state index in [4.69, 9.17) is 5.26 Å². The maximum absolute atomic E-state index is 8.78. The lowest BCUT2D eigenvalue weighted by Crippen LogP contribution is -2.27. The summed E-state index contributed by atoms with van der Waals surface area (Å²) in [5.74, 6) is 0. The van der Waals surface area contributed by atoms with Gasteiger partial charge in [-0.1, -0.05) is 22.9 Å². The van der Waals surface area contributed by atoms with E-state index >= 15 is 0 Å². The number of nitriles is 1. The predicted molar refractivity (Wildman–Crippen MR) is 69.8 cm³/mol. The molecule has 0 amide bonds. The molecule has 1 aromatic heterocycles. The van der Waals surface area contributed by atoms with Crippen molar-refractivity contribution in [3.8, 4) is 17.4 Å². The summed E-state index contributed by atoms with van der Waals surface area (Å²) in [6, 6.07) is 19.4. The number of rotatable bonds is 2. The summed E-state index contributed by atoms with van der Waals surface area (Å²) in [4.78, 5) is 0. The van der Waals surface area contributed by atoms with Crippen LogP contribution in [0.5, 0.6) is 0 Å². The maximum atomic E-state index is 8.78. The average molecular weight is 247 g/mol. The van der Waals surface area contributed by atoms with Gasteiger partial charge in [0.25, 0.3) is 6.33 Å². The van der Waals surface area contributed by atoms with Crippen LogP contribution in [0.15, 0.2) is 67.3 Å². The topological polar surface area (TPSA) is 45.5 Å². The van der Waals surface area contributed by atoms with Gasteiger partial charge in [-0.25, -0.2) is 4.57 Å². The van der Waals surface area contributed by atoms with Gasteiger partial charge in [0.15, 0.2) is 0 Å². The van der Waals surface area contributed by atoms with Crippen LogP contribution < -0.4 is 4.57 Å². The average Bonchev–Trinajstić information content (AvgIpc) is 2.98. The highest BCUT2D eigenvalue weighted by atomic mass is 15.4. The highest BCUT2D eigenvalue weighted by Gasteiger charge is 2.09. The minimum atomic E-state index is 0.645. The van der Waals surface area contributed by atoms with Gasteiger partial charge in [0.05, 0.1) is 11.6 Å². The number of hydrogen-bond donors (Lipinski definition) is 0. The Labute approximate surface area is 110 Å². The molecule has 0 radical (unpaired) electrons. The van der Waals surface area contributed by atoms with E-state index in [1.807, 2.05) is 53.4 Å². The van der Waals surface area contributed by atoms with Crippen LogP contribution in [0, 0.1) is 11.3 Å². The van der Waals surface area contributed by atoms with E-state index in [2.05, 4.69) is 11.2 Å². The normalized spacial score (nSPS) is 10.1. The number of benzene rings is 2. The van der Waals surface area contributed by atoms with Crippen molar-refractivity contribution >= 4 is 0 Å². The fourth-order valence-corrected chi connectivity index (χ4v) is 1.84. The number of hydrogen-bond acceptors (Lipinski definition) is 2. The van der Waals surface area contributed by atoms with E-state index in [1.54, 1.807) is 23.1 Å². The predicted octanol–water partition coefficient (Wildman–Crippen LogP) is 2.02. The molecule has 0 aliphatic carbocycles. The molecule has 0 N–H and O–H groups in total. The van der Waals surface area contributed by atoms with E-state index in [9.17, 15) is 0 Å². The lowest BCUT2D eigenvalue weighted by molar-refractivity contribution is -0.596. The molecule has 3 rings (SSSR count). The Kier molecular flexibility index (Phi) is 2.79. The van der Waals surface area contributed by atoms with Crippen molar-refractivity contribution in [3.63, 3.8) is 0 Å². The fourth-order valence-electron chi connectivity index (χ4n) is 1.84. The van der Waals surface area contributed by atoms with Crippen LogP contribution in [0.4, 0.5) is 0 Å². The molecule has 0 aliphatic rings. The van der Waals surface area contributed by atoms with Crippen molar-refractivity contribution in [2.45, 2.75) is 0 Å². The first kappa shape index (κ1) is 11.2. The summed E-state index contributed by atoms with van der Waals surface area (Å²) in [6.07, 6.45) is 3.66. The summed E-state index contributed by atoms with van der Waals surface area (Å²) >= 11 is 0. The van der Waals surface area contributed by atoms with Crippen LogP contribution in [0.1, 0.15) is 5.56 Å². The highest BCUT2D eigenvalue weighted by Crippen LogP contribution is 2.07. The Hall–Kier alpha value is -2.93. The third-order valence-electron chi connectivity index (χ3n) is 2.85. The quantitative estimate of drug-likeness (QED) is 0.650. The van der Waals surface area contributed by atoms with Crippen molar-refractivity contribution in [2.75, 3.05) is 0 Å².